The summed E-state index contributed by atoms with van der Waals surface area (Å²) in [7, 11) is 2.72. The van der Waals surface area contributed by atoms with E-state index in [1.54, 1.807) is 42.7 Å². The molecule has 0 bridgehead atoms. The third-order valence-electron chi connectivity index (χ3n) is 6.44. The van der Waals surface area contributed by atoms with Crippen molar-refractivity contribution in [2.75, 3.05) is 19.5 Å². The number of primary amides is 1. The molecule has 0 radical (unpaired) electrons. The van der Waals surface area contributed by atoms with Gasteiger partial charge in [0.1, 0.15) is 35.1 Å². The van der Waals surface area contributed by atoms with Crippen LogP contribution in [-0.4, -0.2) is 54.4 Å². The second-order valence-electron chi connectivity index (χ2n) is 9.86. The number of hydrogen-bond donors (Lipinski definition) is 2. The number of rotatable bonds is 4. The Morgan fingerprint density at radius 3 is 1.67 bits per heavy atom. The van der Waals surface area contributed by atoms with Gasteiger partial charge in [-0.1, -0.05) is 12.1 Å². The number of benzene rings is 2. The molecule has 0 spiro atoms. The number of anilines is 1. The van der Waals surface area contributed by atoms with Gasteiger partial charge in [0.15, 0.2) is 0 Å². The molecule has 0 fully saturated rings. The predicted molar refractivity (Wildman–Crippen MR) is 176 cm³/mol. The zero-order chi connectivity index (χ0) is 36.1. The fourth-order valence-electron chi connectivity index (χ4n) is 4.51. The summed E-state index contributed by atoms with van der Waals surface area (Å²) in [5.41, 5.74) is 11.1. The number of nitrogens with zero attached hydrogens (tertiary/aromatic N) is 2. The standard InChI is InChI=1S/C16H14N2O4.C14H10BrNO3.C2H5NO.CH2O3.2Cs.H/c1-9(19)18-15-6-13-12-4-3-10(16(20)21-2)5-11(12)8-22-14(13)7-17-15;1-18-14(17)8-2-3-10-9(4-8)7-19-12-6-16-13(15)5-11(10)12;1-2(3)4;2-1-4-3;;;/h3-7H,8H2,1-2H3,(H,17,18,19);2-6H,7H2,1H3;1H3,(H2,3,4);1,3H;;;/q;;;;2*+1;-1/p-1. The third-order valence-corrected chi connectivity index (χ3v) is 6.88. The van der Waals surface area contributed by atoms with Gasteiger partial charge in [-0.15, -0.1) is 0 Å². The van der Waals surface area contributed by atoms with Gasteiger partial charge in [0.2, 0.25) is 11.8 Å². The van der Waals surface area contributed by atoms with Crippen molar-refractivity contribution in [3.63, 3.8) is 0 Å². The number of nitrogens with two attached hydrogens (primary N) is 1. The molecule has 0 unspecified atom stereocenters. The first-order valence-electron chi connectivity index (χ1n) is 14.0. The van der Waals surface area contributed by atoms with E-state index < -0.39 is 0 Å². The Labute approximate surface area is 420 Å². The number of fused-ring (bicyclic) bond motifs is 6. The van der Waals surface area contributed by atoms with Crippen molar-refractivity contribution in [2.24, 2.45) is 5.73 Å². The number of methoxy groups -OCH3 is 2. The minimum Gasteiger partial charge on any atom is -1.00 e. The zero-order valence-corrected chi connectivity index (χ0v) is 42.8. The number of pyridine rings is 2. The number of carbonyl (C=O) groups is 5. The molecule has 4 heterocycles. The van der Waals surface area contributed by atoms with Crippen LogP contribution < -0.4 is 164 Å². The molecule has 2 aromatic heterocycles. The van der Waals surface area contributed by atoms with Crippen LogP contribution in [0, 0.1) is 0 Å². The van der Waals surface area contributed by atoms with E-state index in [4.69, 9.17) is 29.0 Å². The molecule has 18 heteroatoms. The van der Waals surface area contributed by atoms with E-state index in [1.165, 1.54) is 28.1 Å². The molecule has 0 saturated carbocycles. The summed E-state index contributed by atoms with van der Waals surface area (Å²) in [6, 6.07) is 14.4. The third kappa shape index (κ3) is 14.2. The minimum atomic E-state index is -0.387. The van der Waals surface area contributed by atoms with Crippen LogP contribution in [0.5, 0.6) is 11.5 Å². The molecule has 15 nitrogen and oxygen atoms in total. The Balaban J connectivity index is 0.000000796. The van der Waals surface area contributed by atoms with E-state index in [0.717, 1.165) is 43.7 Å². The van der Waals surface area contributed by atoms with Gasteiger partial charge >= 0.3 is 150 Å². The van der Waals surface area contributed by atoms with Crippen LogP contribution in [0.25, 0.3) is 22.3 Å². The fourth-order valence-corrected chi connectivity index (χ4v) is 4.84. The summed E-state index contributed by atoms with van der Waals surface area (Å²) in [4.78, 5) is 63.0. The maximum absolute atomic E-state index is 11.6. The molecule has 0 saturated heterocycles. The van der Waals surface area contributed by atoms with E-state index >= 15 is 0 Å². The molecule has 51 heavy (non-hydrogen) atoms. The average molecular weight is 1010 g/mol. The van der Waals surface area contributed by atoms with Crippen molar-refractivity contribution in [3.05, 3.63) is 87.8 Å². The van der Waals surface area contributed by atoms with E-state index in [9.17, 15) is 19.2 Å². The van der Waals surface area contributed by atoms with Crippen LogP contribution in [0.4, 0.5) is 5.82 Å². The van der Waals surface area contributed by atoms with Gasteiger partial charge in [0.25, 0.3) is 6.47 Å². The summed E-state index contributed by atoms with van der Waals surface area (Å²) < 4.78 is 21.5. The molecular formula is C33H31BrCs2N4O11. The van der Waals surface area contributed by atoms with E-state index in [0.29, 0.717) is 35.9 Å². The molecule has 2 aliphatic rings. The molecule has 0 atom stereocenters. The van der Waals surface area contributed by atoms with E-state index in [-0.39, 0.29) is 169 Å². The van der Waals surface area contributed by atoms with Gasteiger partial charge < -0.3 is 41.6 Å². The first-order valence-corrected chi connectivity index (χ1v) is 14.8. The Morgan fingerprint density at radius 2 is 1.25 bits per heavy atom. The Kier molecular flexibility index (Phi) is 22.1. The largest absolute Gasteiger partial charge is 1.00 e. The van der Waals surface area contributed by atoms with Gasteiger partial charge in [0, 0.05) is 25.0 Å². The van der Waals surface area contributed by atoms with Crippen molar-refractivity contribution in [3.8, 4) is 33.8 Å². The van der Waals surface area contributed by atoms with Crippen LogP contribution in [-0.2, 0) is 42.0 Å². The number of aromatic nitrogens is 2. The number of esters is 2. The van der Waals surface area contributed by atoms with Crippen LogP contribution in [0.15, 0.2) is 65.5 Å². The Hall–Kier alpha value is -1.77. The number of carbonyl (C=O) groups excluding carboxylic acids is 5. The molecule has 6 rings (SSSR count). The molecule has 4 aromatic rings. The first-order chi connectivity index (χ1) is 23.4. The smallest absolute Gasteiger partial charge is 1.00 e. The molecule has 2 aromatic carbocycles. The van der Waals surface area contributed by atoms with Gasteiger partial charge in [-0.25, -0.2) is 19.6 Å². The normalized spacial score (nSPS) is 10.5. The van der Waals surface area contributed by atoms with Crippen molar-refractivity contribution >= 4 is 52.0 Å². The fraction of sp³-hybridized carbons (Fsp3) is 0.182. The van der Waals surface area contributed by atoms with Crippen molar-refractivity contribution in [2.45, 2.75) is 27.1 Å². The van der Waals surface area contributed by atoms with Crippen LogP contribution in [0.1, 0.15) is 47.1 Å². The number of halogens is 1. The van der Waals surface area contributed by atoms with Gasteiger partial charge in [0.05, 0.1) is 37.7 Å². The van der Waals surface area contributed by atoms with E-state index in [1.807, 2.05) is 18.2 Å². The zero-order valence-electron chi connectivity index (χ0n) is 29.6. The second-order valence-corrected chi connectivity index (χ2v) is 10.7. The van der Waals surface area contributed by atoms with Crippen molar-refractivity contribution in [1.82, 2.24) is 9.97 Å². The monoisotopic (exact) mass is 1000 g/mol. The quantitative estimate of drug-likeness (QED) is 0.0720. The van der Waals surface area contributed by atoms with Crippen LogP contribution in [0.2, 0.25) is 0 Å². The Morgan fingerprint density at radius 1 is 0.824 bits per heavy atom. The van der Waals surface area contributed by atoms with Crippen molar-refractivity contribution in [1.29, 1.82) is 0 Å². The maximum Gasteiger partial charge on any atom is 1.00 e. The maximum atomic E-state index is 11.6. The number of ether oxygens (including phenoxy) is 4. The topological polar surface area (TPSA) is 218 Å². The second kappa shape index (κ2) is 23.8. The summed E-state index contributed by atoms with van der Waals surface area (Å²) >= 11 is 3.35. The van der Waals surface area contributed by atoms with Gasteiger partial charge in [-0.05, 0) is 74.6 Å². The van der Waals surface area contributed by atoms with E-state index in [2.05, 4.69) is 41.8 Å². The summed E-state index contributed by atoms with van der Waals surface area (Å²) in [6.45, 7) is 3.33. The van der Waals surface area contributed by atoms with Crippen LogP contribution >= 0.6 is 15.9 Å². The number of nitrogens with one attached hydrogen (secondary N) is 1. The SMILES string of the molecule is CC(N)=O.COC(=O)c1ccc2c(c1)COc1cnc(Br)cc1-2.COC(=O)c1ccc2c(c1)COc1cnc(NC(C)=O)cc1-2.O=CO[O-].[Cs+].[Cs+].[H-]. The first kappa shape index (κ1) is 47.3. The van der Waals surface area contributed by atoms with Crippen LogP contribution in [0.3, 0.4) is 0 Å². The summed E-state index contributed by atoms with van der Waals surface area (Å²) in [5, 5.41) is 11.1. The predicted octanol–water partition coefficient (Wildman–Crippen LogP) is -2.38. The Bertz CT molecular complexity index is 1880. The molecule has 3 N–H and O–H groups in total. The van der Waals surface area contributed by atoms with Gasteiger partial charge in [-0.3, -0.25) is 14.4 Å². The molecule has 258 valence electrons. The molecular weight excluding hydrogens is 974 g/mol. The summed E-state index contributed by atoms with van der Waals surface area (Å²) in [6.07, 6.45) is 3.27. The summed E-state index contributed by atoms with van der Waals surface area (Å²) in [5.74, 6) is 0.603. The molecule has 0 aliphatic carbocycles. The number of amides is 2. The van der Waals surface area contributed by atoms with Crippen molar-refractivity contribution < 1.29 is 192 Å². The molecule has 2 amide bonds. The molecule has 2 aliphatic heterocycles. The number of hydrogen-bond acceptors (Lipinski definition) is 13. The average Bonchev–Trinajstić information content (AvgIpc) is 3.10. The minimum absolute atomic E-state index is 0. The van der Waals surface area contributed by atoms with Gasteiger partial charge in [-0.2, -0.15) is 0 Å².